The van der Waals surface area contributed by atoms with Crippen LogP contribution in [0.25, 0.3) is 0 Å². The van der Waals surface area contributed by atoms with Crippen molar-refractivity contribution in [1.82, 2.24) is 4.31 Å². The van der Waals surface area contributed by atoms with Gasteiger partial charge in [0.15, 0.2) is 0 Å². The Morgan fingerprint density at radius 2 is 1.91 bits per heavy atom. The van der Waals surface area contributed by atoms with Crippen LogP contribution < -0.4 is 0 Å². The molecule has 2 rings (SSSR count). The number of hydrogen-bond donors (Lipinski definition) is 0. The summed E-state index contributed by atoms with van der Waals surface area (Å²) in [5.41, 5.74) is 1.21. The highest BCUT2D eigenvalue weighted by atomic mass is 32.2. The molecule has 1 fully saturated rings. The van der Waals surface area contributed by atoms with Crippen LogP contribution in [0.15, 0.2) is 30.3 Å². The molecule has 0 N–H and O–H groups in total. The van der Waals surface area contributed by atoms with E-state index < -0.39 is 10.0 Å². The third-order valence-electron chi connectivity index (χ3n) is 4.50. The maximum Gasteiger partial charge on any atom is 0.214 e. The van der Waals surface area contributed by atoms with E-state index in [9.17, 15) is 8.42 Å². The van der Waals surface area contributed by atoms with E-state index in [0.717, 1.165) is 6.42 Å². The summed E-state index contributed by atoms with van der Waals surface area (Å²) in [6, 6.07) is 12.2. The molecule has 1 saturated heterocycles. The maximum atomic E-state index is 12.6. The van der Waals surface area contributed by atoms with Crippen molar-refractivity contribution in [2.24, 2.45) is 0 Å². The van der Waals surface area contributed by atoms with Gasteiger partial charge in [0.25, 0.3) is 0 Å². The van der Waals surface area contributed by atoms with Crippen LogP contribution in [-0.4, -0.2) is 30.6 Å². The molecular weight excluding hydrogens is 296 g/mol. The van der Waals surface area contributed by atoms with E-state index in [1.165, 1.54) is 5.56 Å². The number of nitriles is 1. The molecule has 1 aromatic carbocycles. The van der Waals surface area contributed by atoms with Crippen LogP contribution in [-0.2, 0) is 10.0 Å². The molecule has 0 amide bonds. The predicted molar refractivity (Wildman–Crippen MR) is 87.8 cm³/mol. The van der Waals surface area contributed by atoms with Crippen molar-refractivity contribution in [2.45, 2.75) is 57.5 Å². The zero-order valence-electron chi connectivity index (χ0n) is 13.3. The summed E-state index contributed by atoms with van der Waals surface area (Å²) < 4.78 is 27.0. The smallest absolute Gasteiger partial charge is 0.212 e. The molecule has 1 aliphatic heterocycles. The average Bonchev–Trinajstić information content (AvgIpc) is 2.80. The molecule has 0 bridgehead atoms. The van der Waals surface area contributed by atoms with Crippen LogP contribution in [0.4, 0.5) is 0 Å². The Kier molecular flexibility index (Phi) is 5.60. The number of hydrogen-bond acceptors (Lipinski definition) is 3. The van der Waals surface area contributed by atoms with E-state index in [1.54, 1.807) is 4.31 Å². The summed E-state index contributed by atoms with van der Waals surface area (Å²) >= 11 is 0. The normalized spacial score (nSPS) is 26.0. The molecular formula is C17H24N2O2S. The summed E-state index contributed by atoms with van der Waals surface area (Å²) in [7, 11) is -3.26. The molecule has 120 valence electrons. The van der Waals surface area contributed by atoms with Gasteiger partial charge in [0.2, 0.25) is 10.0 Å². The second-order valence-corrected chi connectivity index (χ2v) is 8.10. The first kappa shape index (κ1) is 17.0. The number of sulfonamides is 1. The van der Waals surface area contributed by atoms with Crippen LogP contribution in [0.1, 0.15) is 51.0 Å². The third kappa shape index (κ3) is 3.68. The van der Waals surface area contributed by atoms with Crippen LogP contribution in [0.3, 0.4) is 0 Å². The van der Waals surface area contributed by atoms with Gasteiger partial charge in [-0.3, -0.25) is 0 Å². The number of nitrogens with zero attached hydrogens (tertiary/aromatic N) is 2. The zero-order chi connectivity index (χ0) is 16.2. The highest BCUT2D eigenvalue weighted by Gasteiger charge is 2.42. The first-order valence-corrected chi connectivity index (χ1v) is 9.51. The molecule has 3 atom stereocenters. The standard InChI is InChI=1S/C17H24N2O2S/c1-14-13-17(16-9-5-3-6-10-16)15(2)19(14)22(20,21)12-8-4-7-11-18/h3,5-6,9-10,14-15,17H,4,7-8,12-13H2,1-2H3/t14-,15+,17-/m1/s1. The van der Waals surface area contributed by atoms with Crippen molar-refractivity contribution in [2.75, 3.05) is 5.75 Å². The Bertz CT molecular complexity index is 622. The second-order valence-electron chi connectivity index (χ2n) is 6.10. The molecule has 1 aromatic rings. The fraction of sp³-hybridized carbons (Fsp3) is 0.588. The number of benzene rings is 1. The fourth-order valence-electron chi connectivity index (χ4n) is 3.48. The lowest BCUT2D eigenvalue weighted by molar-refractivity contribution is 0.343. The average molecular weight is 320 g/mol. The lowest BCUT2D eigenvalue weighted by Crippen LogP contribution is -2.40. The summed E-state index contributed by atoms with van der Waals surface area (Å²) in [6.45, 7) is 4.00. The zero-order valence-corrected chi connectivity index (χ0v) is 14.1. The van der Waals surface area contributed by atoms with Crippen LogP contribution >= 0.6 is 0 Å². The molecule has 0 saturated carbocycles. The minimum atomic E-state index is -3.26. The summed E-state index contributed by atoms with van der Waals surface area (Å²) in [5, 5.41) is 8.54. The first-order chi connectivity index (χ1) is 10.5. The quantitative estimate of drug-likeness (QED) is 0.756. The molecule has 4 nitrogen and oxygen atoms in total. The topological polar surface area (TPSA) is 61.2 Å². The lowest BCUT2D eigenvalue weighted by atomic mass is 9.92. The largest absolute Gasteiger partial charge is 0.214 e. The van der Waals surface area contributed by atoms with E-state index in [1.807, 2.05) is 32.0 Å². The maximum absolute atomic E-state index is 12.6. The predicted octanol–water partition coefficient (Wildman–Crippen LogP) is 3.28. The summed E-state index contributed by atoms with van der Waals surface area (Å²) in [4.78, 5) is 0. The van der Waals surface area contributed by atoms with E-state index >= 15 is 0 Å². The molecule has 0 radical (unpaired) electrons. The number of rotatable bonds is 6. The Morgan fingerprint density at radius 1 is 1.23 bits per heavy atom. The second kappa shape index (κ2) is 7.26. The Morgan fingerprint density at radius 3 is 2.55 bits per heavy atom. The Balaban J connectivity index is 2.10. The molecule has 1 aliphatic rings. The lowest BCUT2D eigenvalue weighted by Gasteiger charge is -2.27. The SMILES string of the molecule is C[C@@H]1C[C@@H](c2ccccc2)[C@H](C)N1S(=O)(=O)CCCCC#N. The van der Waals surface area contributed by atoms with Crippen molar-refractivity contribution < 1.29 is 8.42 Å². The van der Waals surface area contributed by atoms with E-state index in [4.69, 9.17) is 5.26 Å². The van der Waals surface area contributed by atoms with Gasteiger partial charge < -0.3 is 0 Å². The monoisotopic (exact) mass is 320 g/mol. The van der Waals surface area contributed by atoms with Gasteiger partial charge in [-0.05, 0) is 38.7 Å². The van der Waals surface area contributed by atoms with Crippen molar-refractivity contribution in [3.05, 3.63) is 35.9 Å². The Hall–Kier alpha value is -1.38. The van der Waals surface area contributed by atoms with Crippen LogP contribution in [0.2, 0.25) is 0 Å². The van der Waals surface area contributed by atoms with Crippen molar-refractivity contribution in [3.63, 3.8) is 0 Å². The molecule has 0 aromatic heterocycles. The minimum absolute atomic E-state index is 0.0154. The van der Waals surface area contributed by atoms with Gasteiger partial charge in [0, 0.05) is 24.4 Å². The molecule has 0 spiro atoms. The van der Waals surface area contributed by atoms with Gasteiger partial charge >= 0.3 is 0 Å². The van der Waals surface area contributed by atoms with Crippen molar-refractivity contribution in [1.29, 1.82) is 5.26 Å². The van der Waals surface area contributed by atoms with Crippen LogP contribution in [0.5, 0.6) is 0 Å². The highest BCUT2D eigenvalue weighted by molar-refractivity contribution is 7.89. The molecule has 1 heterocycles. The van der Waals surface area contributed by atoms with E-state index in [2.05, 4.69) is 18.2 Å². The third-order valence-corrected chi connectivity index (χ3v) is 6.64. The van der Waals surface area contributed by atoms with Gasteiger partial charge in [-0.2, -0.15) is 9.57 Å². The van der Waals surface area contributed by atoms with Gasteiger partial charge in [-0.15, -0.1) is 0 Å². The van der Waals surface area contributed by atoms with Gasteiger partial charge in [0.05, 0.1) is 11.8 Å². The van der Waals surface area contributed by atoms with E-state index in [-0.39, 0.29) is 23.8 Å². The van der Waals surface area contributed by atoms with E-state index in [0.29, 0.717) is 19.3 Å². The molecule has 0 aliphatic carbocycles. The summed E-state index contributed by atoms with van der Waals surface area (Å²) in [6.07, 6.45) is 2.49. The Labute approximate surface area is 133 Å². The highest BCUT2D eigenvalue weighted by Crippen LogP contribution is 2.39. The molecule has 0 unspecified atom stereocenters. The molecule has 5 heteroatoms. The van der Waals surface area contributed by atoms with Crippen LogP contribution in [0, 0.1) is 11.3 Å². The van der Waals surface area contributed by atoms with Crippen molar-refractivity contribution in [3.8, 4) is 6.07 Å². The minimum Gasteiger partial charge on any atom is -0.212 e. The fourth-order valence-corrected chi connectivity index (χ4v) is 5.55. The van der Waals surface area contributed by atoms with Crippen molar-refractivity contribution >= 4 is 10.0 Å². The molecule has 22 heavy (non-hydrogen) atoms. The first-order valence-electron chi connectivity index (χ1n) is 7.90. The van der Waals surface area contributed by atoms with Gasteiger partial charge in [-0.1, -0.05) is 30.3 Å². The van der Waals surface area contributed by atoms with Gasteiger partial charge in [-0.25, -0.2) is 8.42 Å². The number of unbranched alkanes of at least 4 members (excludes halogenated alkanes) is 2. The van der Waals surface area contributed by atoms with Gasteiger partial charge in [0.1, 0.15) is 0 Å². The summed E-state index contributed by atoms with van der Waals surface area (Å²) in [5.74, 6) is 0.398.